The molecule has 0 aromatic carbocycles. The van der Waals surface area contributed by atoms with Crippen molar-refractivity contribution in [2.45, 2.75) is 20.3 Å². The summed E-state index contributed by atoms with van der Waals surface area (Å²) in [4.78, 5) is 35.5. The smallest absolute Gasteiger partial charge is 0.374 e. The number of carbonyl (C=O) groups is 3. The minimum atomic E-state index is -1.30. The molecule has 1 rings (SSSR count). The lowest BCUT2D eigenvalue weighted by atomic mass is 10.3. The van der Waals surface area contributed by atoms with Crippen molar-refractivity contribution in [1.29, 1.82) is 0 Å². The van der Waals surface area contributed by atoms with Gasteiger partial charge in [-0.2, -0.15) is 0 Å². The molecule has 1 aromatic rings. The van der Waals surface area contributed by atoms with Crippen LogP contribution in [-0.2, 0) is 4.79 Å². The first-order valence-corrected chi connectivity index (χ1v) is 6.25. The number of aromatic nitrogens is 1. The number of nitrogens with zero attached hydrogens (tertiary/aromatic N) is 2. The molecule has 0 spiro atoms. The van der Waals surface area contributed by atoms with Crippen molar-refractivity contribution >= 4 is 17.8 Å². The molecule has 0 aliphatic carbocycles. The quantitative estimate of drug-likeness (QED) is 0.747. The Morgan fingerprint density at radius 1 is 1.35 bits per heavy atom. The van der Waals surface area contributed by atoms with Gasteiger partial charge in [-0.25, -0.2) is 4.79 Å². The van der Waals surface area contributed by atoms with E-state index in [9.17, 15) is 14.4 Å². The van der Waals surface area contributed by atoms with Crippen LogP contribution in [0.15, 0.2) is 10.6 Å². The molecule has 0 saturated heterocycles. The maximum absolute atomic E-state index is 11.7. The summed E-state index contributed by atoms with van der Waals surface area (Å²) in [6.07, 6.45) is 0.178. The molecule has 0 aliphatic heterocycles. The van der Waals surface area contributed by atoms with Gasteiger partial charge in [-0.1, -0.05) is 5.16 Å². The molecular formula is C12H17N3O5. The first-order chi connectivity index (χ1) is 9.49. The van der Waals surface area contributed by atoms with Crippen LogP contribution in [-0.4, -0.2) is 52.6 Å². The molecule has 20 heavy (non-hydrogen) atoms. The van der Waals surface area contributed by atoms with Gasteiger partial charge < -0.3 is 19.8 Å². The molecule has 0 atom stereocenters. The third-order valence-corrected chi connectivity index (χ3v) is 2.69. The molecule has 0 unspecified atom stereocenters. The molecule has 0 fully saturated rings. The summed E-state index contributed by atoms with van der Waals surface area (Å²) in [5.74, 6) is -2.34. The number of aromatic carboxylic acids is 1. The highest BCUT2D eigenvalue weighted by Gasteiger charge is 2.17. The maximum atomic E-state index is 11.7. The lowest BCUT2D eigenvalue weighted by Crippen LogP contribution is -2.34. The van der Waals surface area contributed by atoms with E-state index >= 15 is 0 Å². The van der Waals surface area contributed by atoms with Crippen molar-refractivity contribution in [3.63, 3.8) is 0 Å². The SMILES string of the molecule is CCN(CC)C(=O)CCNC(=O)c1cc(C(=O)O)on1. The lowest BCUT2D eigenvalue weighted by molar-refractivity contribution is -0.130. The van der Waals surface area contributed by atoms with Crippen molar-refractivity contribution in [3.8, 4) is 0 Å². The topological polar surface area (TPSA) is 113 Å². The van der Waals surface area contributed by atoms with Crippen LogP contribution in [0.4, 0.5) is 0 Å². The minimum Gasteiger partial charge on any atom is -0.475 e. The van der Waals surface area contributed by atoms with Crippen LogP contribution in [0.3, 0.4) is 0 Å². The van der Waals surface area contributed by atoms with E-state index in [1.807, 2.05) is 13.8 Å². The Kier molecular flexibility index (Phi) is 5.70. The fraction of sp³-hybridized carbons (Fsp3) is 0.500. The van der Waals surface area contributed by atoms with Gasteiger partial charge in [-0.05, 0) is 13.8 Å². The fourth-order valence-electron chi connectivity index (χ4n) is 1.59. The molecular weight excluding hydrogens is 266 g/mol. The van der Waals surface area contributed by atoms with Gasteiger partial charge in [-0.3, -0.25) is 9.59 Å². The van der Waals surface area contributed by atoms with Crippen molar-refractivity contribution in [2.24, 2.45) is 0 Å². The number of hydrogen-bond donors (Lipinski definition) is 2. The Balaban J connectivity index is 2.43. The molecule has 0 aliphatic rings. The standard InChI is InChI=1S/C12H17N3O5/c1-3-15(4-2)10(16)5-6-13-11(17)8-7-9(12(18)19)20-14-8/h7H,3-6H2,1-2H3,(H,13,17)(H,18,19). The van der Waals surface area contributed by atoms with Gasteiger partial charge in [-0.15, -0.1) is 0 Å². The summed E-state index contributed by atoms with van der Waals surface area (Å²) >= 11 is 0. The molecule has 8 heteroatoms. The molecule has 8 nitrogen and oxygen atoms in total. The van der Waals surface area contributed by atoms with Gasteiger partial charge in [0.05, 0.1) is 0 Å². The number of rotatable bonds is 7. The number of amides is 2. The zero-order valence-corrected chi connectivity index (χ0v) is 11.4. The predicted octanol–water partition coefficient (Wildman–Crippen LogP) is 0.361. The van der Waals surface area contributed by atoms with E-state index in [0.29, 0.717) is 13.1 Å². The van der Waals surface area contributed by atoms with Crippen LogP contribution in [0.2, 0.25) is 0 Å². The molecule has 110 valence electrons. The van der Waals surface area contributed by atoms with Crippen LogP contribution < -0.4 is 5.32 Å². The zero-order valence-electron chi connectivity index (χ0n) is 11.4. The Labute approximate surface area is 115 Å². The van der Waals surface area contributed by atoms with E-state index in [1.165, 1.54) is 0 Å². The molecule has 1 aromatic heterocycles. The maximum Gasteiger partial charge on any atom is 0.374 e. The molecule has 0 bridgehead atoms. The Bertz CT molecular complexity index is 493. The molecule has 2 N–H and O–H groups in total. The third kappa shape index (κ3) is 4.08. The average Bonchev–Trinajstić information content (AvgIpc) is 2.89. The molecule has 0 saturated carbocycles. The highest BCUT2D eigenvalue weighted by molar-refractivity contribution is 5.95. The number of carboxylic acids is 1. The van der Waals surface area contributed by atoms with Crippen LogP contribution in [0.1, 0.15) is 41.3 Å². The second-order valence-electron chi connectivity index (χ2n) is 3.95. The molecule has 0 radical (unpaired) electrons. The summed E-state index contributed by atoms with van der Waals surface area (Å²) in [5, 5.41) is 14.5. The summed E-state index contributed by atoms with van der Waals surface area (Å²) in [7, 11) is 0. The van der Waals surface area contributed by atoms with E-state index in [-0.39, 0.29) is 24.6 Å². The highest BCUT2D eigenvalue weighted by Crippen LogP contribution is 2.03. The summed E-state index contributed by atoms with van der Waals surface area (Å²) in [6.45, 7) is 5.15. The first-order valence-electron chi connectivity index (χ1n) is 6.25. The summed E-state index contributed by atoms with van der Waals surface area (Å²) < 4.78 is 4.46. The normalized spacial score (nSPS) is 10.1. The van der Waals surface area contributed by atoms with Crippen molar-refractivity contribution in [2.75, 3.05) is 19.6 Å². The van der Waals surface area contributed by atoms with E-state index in [0.717, 1.165) is 6.07 Å². The monoisotopic (exact) mass is 283 g/mol. The number of carboxylic acid groups (broad SMARTS) is 1. The van der Waals surface area contributed by atoms with Gasteiger partial charge in [0.15, 0.2) is 5.69 Å². The number of carbonyl (C=O) groups excluding carboxylic acids is 2. The fourth-order valence-corrected chi connectivity index (χ4v) is 1.59. The van der Waals surface area contributed by atoms with Gasteiger partial charge >= 0.3 is 5.97 Å². The van der Waals surface area contributed by atoms with Crippen LogP contribution in [0.25, 0.3) is 0 Å². The molecule has 1 heterocycles. The Hall–Kier alpha value is -2.38. The van der Waals surface area contributed by atoms with Crippen molar-refractivity contribution < 1.29 is 24.0 Å². The predicted molar refractivity (Wildman–Crippen MR) is 68.3 cm³/mol. The summed E-state index contributed by atoms with van der Waals surface area (Å²) in [5.41, 5.74) is -0.127. The Morgan fingerprint density at radius 2 is 2.00 bits per heavy atom. The van der Waals surface area contributed by atoms with E-state index in [1.54, 1.807) is 4.90 Å². The van der Waals surface area contributed by atoms with Gasteiger partial charge in [0.1, 0.15) is 0 Å². The molecule has 2 amide bonds. The largest absolute Gasteiger partial charge is 0.475 e. The highest BCUT2D eigenvalue weighted by atomic mass is 16.5. The van der Waals surface area contributed by atoms with E-state index < -0.39 is 17.6 Å². The number of nitrogens with one attached hydrogen (secondary N) is 1. The van der Waals surface area contributed by atoms with Crippen LogP contribution in [0.5, 0.6) is 0 Å². The summed E-state index contributed by atoms with van der Waals surface area (Å²) in [6, 6.07) is 1.03. The van der Waals surface area contributed by atoms with Gasteiger partial charge in [0.25, 0.3) is 5.91 Å². The Morgan fingerprint density at radius 3 is 2.50 bits per heavy atom. The third-order valence-electron chi connectivity index (χ3n) is 2.69. The van der Waals surface area contributed by atoms with Crippen LogP contribution in [0, 0.1) is 0 Å². The van der Waals surface area contributed by atoms with Crippen LogP contribution >= 0.6 is 0 Å². The van der Waals surface area contributed by atoms with Gasteiger partial charge in [0, 0.05) is 32.1 Å². The second-order valence-corrected chi connectivity index (χ2v) is 3.95. The zero-order chi connectivity index (χ0) is 15.1. The van der Waals surface area contributed by atoms with Crippen molar-refractivity contribution in [3.05, 3.63) is 17.5 Å². The second kappa shape index (κ2) is 7.27. The first kappa shape index (κ1) is 15.7. The number of hydrogen-bond acceptors (Lipinski definition) is 5. The van der Waals surface area contributed by atoms with E-state index in [2.05, 4.69) is 15.0 Å². The van der Waals surface area contributed by atoms with E-state index in [4.69, 9.17) is 5.11 Å². The van der Waals surface area contributed by atoms with Crippen molar-refractivity contribution in [1.82, 2.24) is 15.4 Å². The lowest BCUT2D eigenvalue weighted by Gasteiger charge is -2.18. The minimum absolute atomic E-state index is 0.0540. The van der Waals surface area contributed by atoms with Gasteiger partial charge in [0.2, 0.25) is 11.7 Å². The average molecular weight is 283 g/mol.